The quantitative estimate of drug-likeness (QED) is 0.836. The van der Waals surface area contributed by atoms with E-state index in [1.54, 1.807) is 17.4 Å². The number of methoxy groups -OCH3 is 1. The van der Waals surface area contributed by atoms with Gasteiger partial charge in [0, 0.05) is 16.9 Å². The van der Waals surface area contributed by atoms with Crippen LogP contribution in [0.3, 0.4) is 0 Å². The summed E-state index contributed by atoms with van der Waals surface area (Å²) in [6, 6.07) is 7.62. The minimum absolute atomic E-state index is 0.0554. The van der Waals surface area contributed by atoms with Crippen molar-refractivity contribution in [2.45, 2.75) is 13.5 Å². The number of thiophene rings is 1. The van der Waals surface area contributed by atoms with Crippen LogP contribution in [0.4, 0.5) is 0 Å². The summed E-state index contributed by atoms with van der Waals surface area (Å²) in [5, 5.41) is 18.1. The molecule has 0 spiro atoms. The molecule has 0 fully saturated rings. The van der Waals surface area contributed by atoms with E-state index in [2.05, 4.69) is 0 Å². The minimum Gasteiger partial charge on any atom is -0.383 e. The van der Waals surface area contributed by atoms with E-state index in [0.29, 0.717) is 22.3 Å². The van der Waals surface area contributed by atoms with Crippen molar-refractivity contribution in [1.82, 2.24) is 4.57 Å². The van der Waals surface area contributed by atoms with Gasteiger partial charge in [-0.15, -0.1) is 22.7 Å². The average Bonchev–Trinajstić information content (AvgIpc) is 3.04. The van der Waals surface area contributed by atoms with Crippen LogP contribution >= 0.6 is 22.7 Å². The summed E-state index contributed by atoms with van der Waals surface area (Å²) >= 11 is 2.75. The molecule has 0 amide bonds. The molecule has 2 heterocycles. The third-order valence-electron chi connectivity index (χ3n) is 2.90. The molecule has 112 valence electrons. The van der Waals surface area contributed by atoms with Crippen molar-refractivity contribution in [3.8, 4) is 12.1 Å². The smallest absolute Gasteiger partial charge is 0.269 e. The lowest BCUT2D eigenvalue weighted by molar-refractivity contribution is 0.186. The van der Waals surface area contributed by atoms with Crippen LogP contribution in [-0.4, -0.2) is 18.3 Å². The SMILES string of the molecule is COCCn1c(=C(C#N)C#N)sc(=Cc2ccc(C)s2)c1=O. The van der Waals surface area contributed by atoms with Crippen LogP contribution in [0.25, 0.3) is 11.6 Å². The van der Waals surface area contributed by atoms with Gasteiger partial charge in [-0.25, -0.2) is 0 Å². The molecule has 0 aliphatic rings. The first-order valence-electron chi connectivity index (χ1n) is 6.42. The Bertz CT molecular complexity index is 919. The molecule has 0 radical (unpaired) electrons. The van der Waals surface area contributed by atoms with Crippen LogP contribution in [0.15, 0.2) is 16.9 Å². The summed E-state index contributed by atoms with van der Waals surface area (Å²) in [6.07, 6.45) is 1.80. The van der Waals surface area contributed by atoms with E-state index in [1.165, 1.54) is 11.7 Å². The molecule has 5 nitrogen and oxygen atoms in total. The molecule has 0 saturated carbocycles. The highest BCUT2D eigenvalue weighted by Crippen LogP contribution is 2.15. The lowest BCUT2D eigenvalue weighted by Crippen LogP contribution is -2.33. The molecule has 0 atom stereocenters. The summed E-state index contributed by atoms with van der Waals surface area (Å²) in [5.74, 6) is 0. The Labute approximate surface area is 135 Å². The molecule has 0 aliphatic carbocycles. The van der Waals surface area contributed by atoms with E-state index in [-0.39, 0.29) is 11.1 Å². The summed E-state index contributed by atoms with van der Waals surface area (Å²) in [5.41, 5.74) is -0.258. The molecule has 22 heavy (non-hydrogen) atoms. The van der Waals surface area contributed by atoms with Crippen LogP contribution in [0, 0.1) is 29.6 Å². The van der Waals surface area contributed by atoms with Crippen LogP contribution in [0.1, 0.15) is 9.75 Å². The Hall–Kier alpha value is -2.19. The van der Waals surface area contributed by atoms with Gasteiger partial charge in [-0.05, 0) is 25.1 Å². The van der Waals surface area contributed by atoms with Crippen molar-refractivity contribution in [2.75, 3.05) is 13.7 Å². The van der Waals surface area contributed by atoms with Gasteiger partial charge in [-0.3, -0.25) is 9.36 Å². The number of aryl methyl sites for hydroxylation is 1. The Balaban J connectivity index is 2.72. The van der Waals surface area contributed by atoms with Crippen LogP contribution in [-0.2, 0) is 11.3 Å². The van der Waals surface area contributed by atoms with E-state index in [0.717, 1.165) is 21.1 Å². The third-order valence-corrected chi connectivity index (χ3v) is 4.98. The first kappa shape index (κ1) is 16.2. The summed E-state index contributed by atoms with van der Waals surface area (Å²) in [6.45, 7) is 2.65. The van der Waals surface area contributed by atoms with E-state index in [1.807, 2.05) is 31.2 Å². The number of hydrogen-bond donors (Lipinski definition) is 0. The number of hydrogen-bond acceptors (Lipinski definition) is 6. The fourth-order valence-corrected chi connectivity index (χ4v) is 3.84. The van der Waals surface area contributed by atoms with E-state index in [9.17, 15) is 4.79 Å². The number of aromatic nitrogens is 1. The van der Waals surface area contributed by atoms with Crippen molar-refractivity contribution in [3.05, 3.63) is 41.4 Å². The van der Waals surface area contributed by atoms with Gasteiger partial charge in [0.2, 0.25) is 0 Å². The molecule has 0 saturated heterocycles. The van der Waals surface area contributed by atoms with Crippen molar-refractivity contribution in [3.63, 3.8) is 0 Å². The number of ether oxygens (including phenoxy) is 1. The molecular formula is C15H13N3O2S2. The molecule has 0 aromatic carbocycles. The second-order valence-corrected chi connectivity index (χ2v) is 6.76. The van der Waals surface area contributed by atoms with Crippen molar-refractivity contribution >= 4 is 34.3 Å². The fourth-order valence-electron chi connectivity index (χ4n) is 1.87. The summed E-state index contributed by atoms with van der Waals surface area (Å²) < 4.78 is 7.32. The van der Waals surface area contributed by atoms with Crippen molar-refractivity contribution < 1.29 is 4.74 Å². The summed E-state index contributed by atoms with van der Waals surface area (Å²) in [7, 11) is 1.54. The zero-order chi connectivity index (χ0) is 16.1. The summed E-state index contributed by atoms with van der Waals surface area (Å²) in [4.78, 5) is 14.6. The molecule has 0 unspecified atom stereocenters. The number of thiazole rings is 1. The molecule has 2 aromatic rings. The Morgan fingerprint density at radius 2 is 2.09 bits per heavy atom. The highest BCUT2D eigenvalue weighted by atomic mass is 32.1. The van der Waals surface area contributed by atoms with E-state index < -0.39 is 0 Å². The van der Waals surface area contributed by atoms with Gasteiger partial charge >= 0.3 is 0 Å². The van der Waals surface area contributed by atoms with Gasteiger partial charge in [-0.1, -0.05) is 0 Å². The van der Waals surface area contributed by atoms with E-state index >= 15 is 0 Å². The normalized spacial score (nSPS) is 11.2. The van der Waals surface area contributed by atoms with Gasteiger partial charge in [0.05, 0.1) is 17.7 Å². The first-order valence-corrected chi connectivity index (χ1v) is 8.05. The molecule has 7 heteroatoms. The van der Waals surface area contributed by atoms with Crippen LogP contribution < -0.4 is 14.8 Å². The van der Waals surface area contributed by atoms with Gasteiger partial charge in [0.25, 0.3) is 5.56 Å². The number of nitriles is 2. The van der Waals surface area contributed by atoms with Crippen LogP contribution in [0.2, 0.25) is 0 Å². The number of rotatable bonds is 4. The topological polar surface area (TPSA) is 78.8 Å². The lowest BCUT2D eigenvalue weighted by atomic mass is 10.4. The predicted molar refractivity (Wildman–Crippen MR) is 87.0 cm³/mol. The maximum Gasteiger partial charge on any atom is 0.269 e. The molecule has 2 aromatic heterocycles. The second-order valence-electron chi connectivity index (χ2n) is 4.41. The highest BCUT2D eigenvalue weighted by molar-refractivity contribution is 7.13. The second kappa shape index (κ2) is 7.19. The molecular weight excluding hydrogens is 318 g/mol. The Morgan fingerprint density at radius 3 is 2.64 bits per heavy atom. The average molecular weight is 331 g/mol. The van der Waals surface area contributed by atoms with Crippen LogP contribution in [0.5, 0.6) is 0 Å². The standard InChI is InChI=1S/C15H13N3O2S2/c1-10-3-4-12(21-10)7-13-14(19)18(5-6-20-2)15(22-13)11(8-16)9-17/h3-4,7H,5-6H2,1-2H3. The predicted octanol–water partition coefficient (Wildman–Crippen LogP) is 0.953. The van der Waals surface area contributed by atoms with E-state index in [4.69, 9.17) is 15.3 Å². The largest absolute Gasteiger partial charge is 0.383 e. The van der Waals surface area contributed by atoms with Gasteiger partial charge in [-0.2, -0.15) is 10.5 Å². The minimum atomic E-state index is -0.203. The molecule has 0 bridgehead atoms. The molecule has 0 aliphatic heterocycles. The Morgan fingerprint density at radius 1 is 1.36 bits per heavy atom. The highest BCUT2D eigenvalue weighted by Gasteiger charge is 2.09. The van der Waals surface area contributed by atoms with Crippen molar-refractivity contribution in [1.29, 1.82) is 10.5 Å². The number of nitrogens with zero attached hydrogens (tertiary/aromatic N) is 3. The lowest BCUT2D eigenvalue weighted by Gasteiger charge is -1.99. The van der Waals surface area contributed by atoms with Crippen molar-refractivity contribution in [2.24, 2.45) is 0 Å². The maximum atomic E-state index is 12.5. The zero-order valence-electron chi connectivity index (χ0n) is 12.1. The maximum absolute atomic E-state index is 12.5. The zero-order valence-corrected chi connectivity index (χ0v) is 13.8. The monoisotopic (exact) mass is 331 g/mol. The van der Waals surface area contributed by atoms with Gasteiger partial charge < -0.3 is 4.74 Å². The Kier molecular flexibility index (Phi) is 5.29. The molecule has 2 rings (SSSR count). The third kappa shape index (κ3) is 3.34. The first-order chi connectivity index (χ1) is 10.6. The van der Waals surface area contributed by atoms with Gasteiger partial charge in [0.15, 0.2) is 5.57 Å². The fraction of sp³-hybridized carbons (Fsp3) is 0.267. The molecule has 0 N–H and O–H groups in total. The van der Waals surface area contributed by atoms with Gasteiger partial charge in [0.1, 0.15) is 16.8 Å².